The zero-order valence-corrected chi connectivity index (χ0v) is 9.81. The number of phenolic OH excluding ortho intramolecular Hbond substituents is 1. The fourth-order valence-electron chi connectivity index (χ4n) is 1.46. The average molecular weight is 255 g/mol. The van der Waals surface area contributed by atoms with Crippen molar-refractivity contribution in [3.05, 3.63) is 29.6 Å². The number of carboxylic acids is 1. The van der Waals surface area contributed by atoms with Gasteiger partial charge in [0.2, 0.25) is 0 Å². The number of rotatable bonds is 5. The molecule has 0 aliphatic heterocycles. The SMILES string of the molecule is CCC(CC(=O)O)NC(=O)c1ccc(O)cc1F. The molecule has 0 saturated carbocycles. The highest BCUT2D eigenvalue weighted by Crippen LogP contribution is 2.15. The Balaban J connectivity index is 2.77. The van der Waals surface area contributed by atoms with Crippen molar-refractivity contribution >= 4 is 11.9 Å². The summed E-state index contributed by atoms with van der Waals surface area (Å²) >= 11 is 0. The molecule has 0 fully saturated rings. The number of carbonyl (C=O) groups is 2. The minimum absolute atomic E-state index is 0.220. The molecule has 1 rings (SSSR count). The summed E-state index contributed by atoms with van der Waals surface area (Å²) in [6.45, 7) is 1.72. The maximum atomic E-state index is 13.4. The van der Waals surface area contributed by atoms with Crippen LogP contribution in [0.4, 0.5) is 4.39 Å². The van der Waals surface area contributed by atoms with Crippen LogP contribution in [0.15, 0.2) is 18.2 Å². The Morgan fingerprint density at radius 1 is 1.44 bits per heavy atom. The Morgan fingerprint density at radius 3 is 2.61 bits per heavy atom. The van der Waals surface area contributed by atoms with Crippen molar-refractivity contribution in [3.63, 3.8) is 0 Å². The van der Waals surface area contributed by atoms with Crippen LogP contribution >= 0.6 is 0 Å². The molecule has 5 nitrogen and oxygen atoms in total. The molecule has 1 atom stereocenters. The van der Waals surface area contributed by atoms with Gasteiger partial charge >= 0.3 is 5.97 Å². The zero-order valence-electron chi connectivity index (χ0n) is 9.81. The van der Waals surface area contributed by atoms with E-state index in [1.54, 1.807) is 6.92 Å². The van der Waals surface area contributed by atoms with Gasteiger partial charge in [-0.3, -0.25) is 9.59 Å². The van der Waals surface area contributed by atoms with E-state index in [1.807, 2.05) is 0 Å². The van der Waals surface area contributed by atoms with E-state index in [0.717, 1.165) is 12.1 Å². The van der Waals surface area contributed by atoms with Gasteiger partial charge in [0, 0.05) is 12.1 Å². The van der Waals surface area contributed by atoms with Gasteiger partial charge in [-0.25, -0.2) is 4.39 Å². The number of carboxylic acid groups (broad SMARTS) is 1. The summed E-state index contributed by atoms with van der Waals surface area (Å²) in [7, 11) is 0. The Labute approximate surface area is 103 Å². The van der Waals surface area contributed by atoms with Gasteiger partial charge in [0.15, 0.2) is 0 Å². The lowest BCUT2D eigenvalue weighted by atomic mass is 10.1. The van der Waals surface area contributed by atoms with Crippen LogP contribution in [-0.2, 0) is 4.79 Å². The van der Waals surface area contributed by atoms with Crippen LogP contribution in [-0.4, -0.2) is 28.1 Å². The molecular formula is C12H14FNO4. The number of hydrogen-bond donors (Lipinski definition) is 3. The van der Waals surface area contributed by atoms with E-state index < -0.39 is 23.7 Å². The number of aromatic hydroxyl groups is 1. The van der Waals surface area contributed by atoms with Crippen molar-refractivity contribution in [2.75, 3.05) is 0 Å². The molecule has 1 aromatic rings. The van der Waals surface area contributed by atoms with Crippen LogP contribution in [0.3, 0.4) is 0 Å². The number of phenols is 1. The van der Waals surface area contributed by atoms with Gasteiger partial charge in [-0.05, 0) is 18.6 Å². The summed E-state index contributed by atoms with van der Waals surface area (Å²) < 4.78 is 13.4. The third-order valence-electron chi connectivity index (χ3n) is 2.45. The van der Waals surface area contributed by atoms with E-state index in [0.29, 0.717) is 6.42 Å². The Bertz CT molecular complexity index is 461. The second kappa shape index (κ2) is 6.00. The molecule has 0 saturated heterocycles. The quantitative estimate of drug-likeness (QED) is 0.744. The fourth-order valence-corrected chi connectivity index (χ4v) is 1.46. The monoisotopic (exact) mass is 255 g/mol. The highest BCUT2D eigenvalue weighted by Gasteiger charge is 2.17. The molecule has 0 aromatic heterocycles. The molecule has 0 bridgehead atoms. The second-order valence-electron chi connectivity index (χ2n) is 3.84. The molecule has 0 radical (unpaired) electrons. The lowest BCUT2D eigenvalue weighted by molar-refractivity contribution is -0.137. The van der Waals surface area contributed by atoms with Gasteiger partial charge in [-0.15, -0.1) is 0 Å². The van der Waals surface area contributed by atoms with E-state index in [-0.39, 0.29) is 17.7 Å². The van der Waals surface area contributed by atoms with Gasteiger partial charge < -0.3 is 15.5 Å². The lowest BCUT2D eigenvalue weighted by Gasteiger charge is -2.15. The largest absolute Gasteiger partial charge is 0.508 e. The molecule has 0 heterocycles. The first-order valence-corrected chi connectivity index (χ1v) is 5.45. The Morgan fingerprint density at radius 2 is 2.11 bits per heavy atom. The highest BCUT2D eigenvalue weighted by molar-refractivity contribution is 5.95. The first kappa shape index (κ1) is 14.0. The molecule has 0 aliphatic carbocycles. The smallest absolute Gasteiger partial charge is 0.305 e. The summed E-state index contributed by atoms with van der Waals surface area (Å²) in [5.41, 5.74) is -0.225. The first-order valence-electron chi connectivity index (χ1n) is 5.45. The Hall–Kier alpha value is -2.11. The molecule has 18 heavy (non-hydrogen) atoms. The molecule has 1 amide bonds. The summed E-state index contributed by atoms with van der Waals surface area (Å²) in [6, 6.07) is 2.61. The Kier molecular flexibility index (Phi) is 4.65. The van der Waals surface area contributed by atoms with Crippen LogP contribution in [0.5, 0.6) is 5.75 Å². The zero-order chi connectivity index (χ0) is 13.7. The molecule has 98 valence electrons. The number of hydrogen-bond acceptors (Lipinski definition) is 3. The molecule has 0 spiro atoms. The topological polar surface area (TPSA) is 86.6 Å². The number of aliphatic carboxylic acids is 1. The normalized spacial score (nSPS) is 11.9. The summed E-state index contributed by atoms with van der Waals surface area (Å²) in [4.78, 5) is 22.2. The fraction of sp³-hybridized carbons (Fsp3) is 0.333. The summed E-state index contributed by atoms with van der Waals surface area (Å²) in [5, 5.41) is 20.1. The van der Waals surface area contributed by atoms with E-state index in [4.69, 9.17) is 10.2 Å². The predicted octanol–water partition coefficient (Wildman–Crippen LogP) is 1.51. The first-order chi connectivity index (χ1) is 8.43. The van der Waals surface area contributed by atoms with E-state index in [1.165, 1.54) is 6.07 Å². The number of amides is 1. The number of carbonyl (C=O) groups excluding carboxylic acids is 1. The van der Waals surface area contributed by atoms with E-state index >= 15 is 0 Å². The molecule has 0 aliphatic rings. The van der Waals surface area contributed by atoms with Crippen molar-refractivity contribution in [1.82, 2.24) is 5.32 Å². The van der Waals surface area contributed by atoms with Gasteiger partial charge in [0.25, 0.3) is 5.91 Å². The van der Waals surface area contributed by atoms with Crippen molar-refractivity contribution < 1.29 is 24.2 Å². The van der Waals surface area contributed by atoms with E-state index in [9.17, 15) is 14.0 Å². The number of halogens is 1. The molecule has 3 N–H and O–H groups in total. The summed E-state index contributed by atoms with van der Waals surface area (Å²) in [5.74, 6) is -2.85. The summed E-state index contributed by atoms with van der Waals surface area (Å²) in [6.07, 6.45) is 0.208. The van der Waals surface area contributed by atoms with Crippen LogP contribution in [0.2, 0.25) is 0 Å². The molecule has 1 aromatic carbocycles. The maximum Gasteiger partial charge on any atom is 0.305 e. The van der Waals surface area contributed by atoms with E-state index in [2.05, 4.69) is 5.32 Å². The van der Waals surface area contributed by atoms with Crippen LogP contribution in [0, 0.1) is 5.82 Å². The molecule has 6 heteroatoms. The second-order valence-corrected chi connectivity index (χ2v) is 3.84. The minimum Gasteiger partial charge on any atom is -0.508 e. The van der Waals surface area contributed by atoms with Crippen molar-refractivity contribution in [2.24, 2.45) is 0 Å². The van der Waals surface area contributed by atoms with Crippen molar-refractivity contribution in [3.8, 4) is 5.75 Å². The van der Waals surface area contributed by atoms with Crippen LogP contribution in [0.25, 0.3) is 0 Å². The number of nitrogens with one attached hydrogen (secondary N) is 1. The average Bonchev–Trinajstić information content (AvgIpc) is 2.27. The highest BCUT2D eigenvalue weighted by atomic mass is 19.1. The third-order valence-corrected chi connectivity index (χ3v) is 2.45. The third kappa shape index (κ3) is 3.73. The van der Waals surface area contributed by atoms with Gasteiger partial charge in [-0.2, -0.15) is 0 Å². The van der Waals surface area contributed by atoms with Crippen LogP contribution < -0.4 is 5.32 Å². The van der Waals surface area contributed by atoms with Gasteiger partial charge in [0.1, 0.15) is 11.6 Å². The van der Waals surface area contributed by atoms with Gasteiger partial charge in [-0.1, -0.05) is 6.92 Å². The van der Waals surface area contributed by atoms with Crippen LogP contribution in [0.1, 0.15) is 30.1 Å². The maximum absolute atomic E-state index is 13.4. The molecular weight excluding hydrogens is 241 g/mol. The standard InChI is InChI=1S/C12H14FNO4/c1-2-7(5-11(16)17)14-12(18)9-4-3-8(15)6-10(9)13/h3-4,6-7,15H,2,5H2,1H3,(H,14,18)(H,16,17). The van der Waals surface area contributed by atoms with Crippen molar-refractivity contribution in [1.29, 1.82) is 0 Å². The minimum atomic E-state index is -1.03. The van der Waals surface area contributed by atoms with Crippen molar-refractivity contribution in [2.45, 2.75) is 25.8 Å². The molecule has 1 unspecified atom stereocenters. The lowest BCUT2D eigenvalue weighted by Crippen LogP contribution is -2.36. The predicted molar refractivity (Wildman–Crippen MR) is 61.9 cm³/mol. The number of benzene rings is 1. The van der Waals surface area contributed by atoms with Gasteiger partial charge in [0.05, 0.1) is 12.0 Å².